The normalized spacial score (nSPS) is 17.6. The Hall–Kier alpha value is -3.42. The predicted molar refractivity (Wildman–Crippen MR) is 119 cm³/mol. The van der Waals surface area contributed by atoms with Gasteiger partial charge in [-0.15, -0.1) is 0 Å². The van der Waals surface area contributed by atoms with E-state index in [-0.39, 0.29) is 17.2 Å². The zero-order chi connectivity index (χ0) is 21.4. The van der Waals surface area contributed by atoms with Crippen molar-refractivity contribution in [1.29, 1.82) is 0 Å². The highest BCUT2D eigenvalue weighted by Gasteiger charge is 2.47. The van der Waals surface area contributed by atoms with E-state index in [1.807, 2.05) is 41.4 Å². The summed E-state index contributed by atoms with van der Waals surface area (Å²) in [4.78, 5) is 40.7. The molecule has 5 rings (SSSR count). The first-order valence-corrected chi connectivity index (χ1v) is 10.7. The van der Waals surface area contributed by atoms with Gasteiger partial charge < -0.3 is 20.1 Å². The summed E-state index contributed by atoms with van der Waals surface area (Å²) in [5.41, 5.74) is 2.70. The van der Waals surface area contributed by atoms with Crippen molar-refractivity contribution < 1.29 is 9.59 Å². The Kier molecular flexibility index (Phi) is 4.84. The molecule has 2 aliphatic rings. The maximum Gasteiger partial charge on any atom is 0.227 e. The van der Waals surface area contributed by atoms with Crippen LogP contribution in [0.25, 0.3) is 11.0 Å². The summed E-state index contributed by atoms with van der Waals surface area (Å²) < 4.78 is 0. The summed E-state index contributed by atoms with van der Waals surface area (Å²) >= 11 is 0. The van der Waals surface area contributed by atoms with E-state index < -0.39 is 0 Å². The van der Waals surface area contributed by atoms with Crippen LogP contribution < -0.4 is 10.2 Å². The Morgan fingerprint density at radius 3 is 2.65 bits per heavy atom. The number of fused-ring (bicyclic) bond motifs is 1. The lowest BCUT2D eigenvalue weighted by Gasteiger charge is -2.25. The van der Waals surface area contributed by atoms with Crippen LogP contribution in [0.2, 0.25) is 0 Å². The molecule has 0 atom stereocenters. The average Bonchev–Trinajstić information content (AvgIpc) is 3.39. The third-order valence-electron chi connectivity index (χ3n) is 6.26. The molecule has 160 valence electrons. The zero-order valence-electron chi connectivity index (χ0n) is 17.6. The Labute approximate surface area is 180 Å². The standard InChI is InChI=1S/C23H26N6O2/c1-16(30)27-18-4-2-17(3-5-18)12-20(31)28-10-11-29(14-23(13-28)7-8-23)22-19-6-9-24-21(19)25-15-26-22/h2-6,9,15H,7-8,10-14H2,1H3,(H,27,30)(H,24,25,26). The topological polar surface area (TPSA) is 94.2 Å². The van der Waals surface area contributed by atoms with Crippen molar-refractivity contribution in [1.82, 2.24) is 19.9 Å². The number of aromatic nitrogens is 3. The van der Waals surface area contributed by atoms with Crippen molar-refractivity contribution in [3.05, 3.63) is 48.4 Å². The molecule has 8 nitrogen and oxygen atoms in total. The molecular formula is C23H26N6O2. The minimum atomic E-state index is -0.103. The van der Waals surface area contributed by atoms with Crippen LogP contribution in [-0.2, 0) is 16.0 Å². The molecule has 1 aromatic carbocycles. The summed E-state index contributed by atoms with van der Waals surface area (Å²) in [5, 5.41) is 3.78. The average molecular weight is 419 g/mol. The number of anilines is 2. The molecule has 0 unspecified atom stereocenters. The third-order valence-corrected chi connectivity index (χ3v) is 6.26. The SMILES string of the molecule is CC(=O)Nc1ccc(CC(=O)N2CCN(c3ncnc4[nH]ccc34)CC3(CC3)C2)cc1. The van der Waals surface area contributed by atoms with E-state index >= 15 is 0 Å². The number of nitrogens with one attached hydrogen (secondary N) is 2. The van der Waals surface area contributed by atoms with Crippen LogP contribution in [0, 0.1) is 5.41 Å². The molecule has 1 saturated carbocycles. The second kappa shape index (κ2) is 7.68. The fraction of sp³-hybridized carbons (Fsp3) is 0.391. The molecule has 1 aliphatic heterocycles. The van der Waals surface area contributed by atoms with E-state index in [9.17, 15) is 9.59 Å². The summed E-state index contributed by atoms with van der Waals surface area (Å²) in [7, 11) is 0. The molecule has 2 aromatic heterocycles. The lowest BCUT2D eigenvalue weighted by atomic mass is 10.1. The van der Waals surface area contributed by atoms with Gasteiger partial charge in [-0.1, -0.05) is 12.1 Å². The van der Waals surface area contributed by atoms with Gasteiger partial charge in [0.2, 0.25) is 11.8 Å². The lowest BCUT2D eigenvalue weighted by Crippen LogP contribution is -2.37. The molecule has 2 N–H and O–H groups in total. The molecule has 1 spiro atoms. The maximum absolute atomic E-state index is 13.1. The number of rotatable bonds is 4. The number of amides is 2. The van der Waals surface area contributed by atoms with Crippen molar-refractivity contribution in [2.75, 3.05) is 36.4 Å². The first-order chi connectivity index (χ1) is 15.0. The van der Waals surface area contributed by atoms with Crippen LogP contribution in [0.5, 0.6) is 0 Å². The quantitative estimate of drug-likeness (QED) is 0.679. The van der Waals surface area contributed by atoms with Crippen molar-refractivity contribution in [2.45, 2.75) is 26.2 Å². The third kappa shape index (κ3) is 4.10. The van der Waals surface area contributed by atoms with E-state index in [2.05, 4.69) is 25.2 Å². The second-order valence-electron chi connectivity index (χ2n) is 8.73. The number of H-pyrrole nitrogens is 1. The Balaban J connectivity index is 1.30. The Morgan fingerprint density at radius 2 is 1.90 bits per heavy atom. The lowest BCUT2D eigenvalue weighted by molar-refractivity contribution is -0.130. The number of hydrogen-bond donors (Lipinski definition) is 2. The minimum Gasteiger partial charge on any atom is -0.354 e. The highest BCUT2D eigenvalue weighted by Crippen LogP contribution is 2.48. The van der Waals surface area contributed by atoms with Gasteiger partial charge in [0.25, 0.3) is 0 Å². The van der Waals surface area contributed by atoms with Gasteiger partial charge in [0, 0.05) is 50.4 Å². The summed E-state index contributed by atoms with van der Waals surface area (Å²) in [6.07, 6.45) is 6.14. The molecule has 8 heteroatoms. The zero-order valence-corrected chi connectivity index (χ0v) is 17.6. The number of benzene rings is 1. The molecule has 2 amide bonds. The number of nitrogens with zero attached hydrogens (tertiary/aromatic N) is 4. The molecular weight excluding hydrogens is 392 g/mol. The molecule has 31 heavy (non-hydrogen) atoms. The largest absolute Gasteiger partial charge is 0.354 e. The molecule has 3 aromatic rings. The molecule has 1 aliphatic carbocycles. The van der Waals surface area contributed by atoms with Gasteiger partial charge in [-0.25, -0.2) is 9.97 Å². The molecule has 3 heterocycles. The summed E-state index contributed by atoms with van der Waals surface area (Å²) in [6.45, 7) is 4.64. The van der Waals surface area contributed by atoms with Crippen LogP contribution in [0.1, 0.15) is 25.3 Å². The molecule has 1 saturated heterocycles. The van der Waals surface area contributed by atoms with Crippen LogP contribution in [-0.4, -0.2) is 57.8 Å². The highest BCUT2D eigenvalue weighted by molar-refractivity contribution is 5.89. The predicted octanol–water partition coefficient (Wildman–Crippen LogP) is 2.59. The smallest absolute Gasteiger partial charge is 0.227 e. The number of aromatic amines is 1. The fourth-order valence-electron chi connectivity index (χ4n) is 4.45. The van der Waals surface area contributed by atoms with Crippen molar-refractivity contribution in [2.24, 2.45) is 5.41 Å². The van der Waals surface area contributed by atoms with E-state index in [4.69, 9.17) is 0 Å². The molecule has 2 fully saturated rings. The number of hydrogen-bond acceptors (Lipinski definition) is 5. The first-order valence-electron chi connectivity index (χ1n) is 10.7. The summed E-state index contributed by atoms with van der Waals surface area (Å²) in [6, 6.07) is 9.51. The highest BCUT2D eigenvalue weighted by atomic mass is 16.2. The van der Waals surface area contributed by atoms with Crippen LogP contribution in [0.3, 0.4) is 0 Å². The van der Waals surface area contributed by atoms with E-state index in [1.165, 1.54) is 6.92 Å². The van der Waals surface area contributed by atoms with Gasteiger partial charge in [-0.3, -0.25) is 9.59 Å². The van der Waals surface area contributed by atoms with Crippen molar-refractivity contribution >= 4 is 34.4 Å². The summed E-state index contributed by atoms with van der Waals surface area (Å²) in [5.74, 6) is 0.989. The van der Waals surface area contributed by atoms with E-state index in [0.29, 0.717) is 13.0 Å². The van der Waals surface area contributed by atoms with Crippen molar-refractivity contribution in [3.63, 3.8) is 0 Å². The van der Waals surface area contributed by atoms with Gasteiger partial charge in [-0.2, -0.15) is 0 Å². The van der Waals surface area contributed by atoms with Crippen molar-refractivity contribution in [3.8, 4) is 0 Å². The van der Waals surface area contributed by atoms with Crippen LogP contribution in [0.4, 0.5) is 11.5 Å². The number of carbonyl (C=O) groups is 2. The molecule has 0 bridgehead atoms. The molecule has 0 radical (unpaired) electrons. The van der Waals surface area contributed by atoms with Gasteiger partial charge in [0.15, 0.2) is 0 Å². The maximum atomic E-state index is 13.1. The number of carbonyl (C=O) groups excluding carboxylic acids is 2. The monoisotopic (exact) mass is 418 g/mol. The fourth-order valence-corrected chi connectivity index (χ4v) is 4.45. The van der Waals surface area contributed by atoms with E-state index in [1.54, 1.807) is 6.33 Å². The Morgan fingerprint density at radius 1 is 1.10 bits per heavy atom. The second-order valence-corrected chi connectivity index (χ2v) is 8.73. The van der Waals surface area contributed by atoms with E-state index in [0.717, 1.165) is 60.6 Å². The minimum absolute atomic E-state index is 0.103. The Bertz CT molecular complexity index is 1120. The van der Waals surface area contributed by atoms with Gasteiger partial charge >= 0.3 is 0 Å². The van der Waals surface area contributed by atoms with Crippen LogP contribution in [0.15, 0.2) is 42.9 Å². The first kappa shape index (κ1) is 19.5. The van der Waals surface area contributed by atoms with Gasteiger partial charge in [-0.05, 0) is 36.6 Å². The van der Waals surface area contributed by atoms with Crippen LogP contribution >= 0.6 is 0 Å². The van der Waals surface area contributed by atoms with Gasteiger partial charge in [0.05, 0.1) is 11.8 Å². The van der Waals surface area contributed by atoms with Gasteiger partial charge in [0.1, 0.15) is 17.8 Å².